The van der Waals surface area contributed by atoms with E-state index in [1.807, 2.05) is 37.3 Å². The van der Waals surface area contributed by atoms with Crippen LogP contribution in [0.15, 0.2) is 48.5 Å². The number of aliphatic carboxylic acids is 1. The van der Waals surface area contributed by atoms with Gasteiger partial charge in [0, 0.05) is 29.7 Å². The monoisotopic (exact) mass is 447 g/mol. The highest BCUT2D eigenvalue weighted by Gasteiger charge is 2.40. The summed E-state index contributed by atoms with van der Waals surface area (Å²) in [4.78, 5) is 41.1. The third kappa shape index (κ3) is 4.50. The number of benzene rings is 2. The minimum absolute atomic E-state index is 0.0517. The number of carboxylic acid groups (broad SMARTS) is 2. The Hall–Kier alpha value is -3.94. The van der Waals surface area contributed by atoms with Crippen LogP contribution >= 0.6 is 0 Å². The number of aryl methyl sites for hydroxylation is 1. The summed E-state index contributed by atoms with van der Waals surface area (Å²) in [5, 5.41) is 22.3. The van der Waals surface area contributed by atoms with E-state index < -0.39 is 29.9 Å². The summed E-state index contributed by atoms with van der Waals surface area (Å²) < 4.78 is 0. The van der Waals surface area contributed by atoms with Gasteiger partial charge in [0.2, 0.25) is 0 Å². The number of aromatic nitrogens is 1. The molecule has 33 heavy (non-hydrogen) atoms. The summed E-state index contributed by atoms with van der Waals surface area (Å²) in [5.41, 5.74) is 5.70. The highest BCUT2D eigenvalue weighted by molar-refractivity contribution is 5.95. The van der Waals surface area contributed by atoms with Gasteiger partial charge in [0.15, 0.2) is 0 Å². The molecule has 4 rings (SSSR count). The van der Waals surface area contributed by atoms with Crippen molar-refractivity contribution in [2.24, 2.45) is 5.92 Å². The molecule has 1 fully saturated rings. The van der Waals surface area contributed by atoms with Crippen LogP contribution in [0.2, 0.25) is 0 Å². The van der Waals surface area contributed by atoms with Gasteiger partial charge < -0.3 is 20.4 Å². The van der Waals surface area contributed by atoms with E-state index in [0.717, 1.165) is 32.6 Å². The predicted octanol–water partition coefficient (Wildman–Crippen LogP) is 3.24. The van der Waals surface area contributed by atoms with E-state index in [0.29, 0.717) is 12.0 Å². The van der Waals surface area contributed by atoms with Crippen molar-refractivity contribution in [3.05, 3.63) is 76.5 Å². The molecule has 8 heteroatoms. The number of carbonyl (C=O) groups excluding carboxylic acids is 1. The molecule has 2 amide bonds. The Morgan fingerprint density at radius 1 is 1.03 bits per heavy atom. The number of pyridine rings is 1. The smallest absolute Gasteiger partial charge is 0.407 e. The summed E-state index contributed by atoms with van der Waals surface area (Å²) in [5.74, 6) is -2.53. The van der Waals surface area contributed by atoms with E-state index in [9.17, 15) is 19.5 Å². The molecule has 1 aliphatic rings. The lowest BCUT2D eigenvalue weighted by Crippen LogP contribution is -2.43. The fourth-order valence-electron chi connectivity index (χ4n) is 4.33. The molecule has 1 aliphatic heterocycles. The van der Waals surface area contributed by atoms with Gasteiger partial charge in [0.1, 0.15) is 0 Å². The van der Waals surface area contributed by atoms with Gasteiger partial charge in [0.05, 0.1) is 17.5 Å². The molecule has 3 N–H and O–H groups in total. The number of para-hydroxylation sites is 1. The molecule has 2 aromatic carbocycles. The molecule has 2 atom stereocenters. The Labute approximate surface area is 190 Å². The lowest BCUT2D eigenvalue weighted by atomic mass is 9.95. The quantitative estimate of drug-likeness (QED) is 0.552. The second-order valence-corrected chi connectivity index (χ2v) is 8.40. The molecule has 2 heterocycles. The molecule has 8 nitrogen and oxygen atoms in total. The van der Waals surface area contributed by atoms with Gasteiger partial charge in [-0.15, -0.1) is 0 Å². The van der Waals surface area contributed by atoms with Crippen LogP contribution in [-0.2, 0) is 11.2 Å². The number of amides is 2. The zero-order valence-corrected chi connectivity index (χ0v) is 18.4. The first-order valence-corrected chi connectivity index (χ1v) is 10.7. The summed E-state index contributed by atoms with van der Waals surface area (Å²) in [7, 11) is 0. The summed E-state index contributed by atoms with van der Waals surface area (Å²) in [6.45, 7) is 3.86. The van der Waals surface area contributed by atoms with Crippen LogP contribution in [0.3, 0.4) is 0 Å². The van der Waals surface area contributed by atoms with Crippen LogP contribution in [-0.4, -0.2) is 57.2 Å². The molecule has 0 aliphatic carbocycles. The third-order valence-corrected chi connectivity index (χ3v) is 6.33. The van der Waals surface area contributed by atoms with Gasteiger partial charge in [-0.1, -0.05) is 30.3 Å². The molecule has 0 spiro atoms. The van der Waals surface area contributed by atoms with Gasteiger partial charge in [-0.3, -0.25) is 14.6 Å². The first-order valence-electron chi connectivity index (χ1n) is 10.7. The molecule has 0 radical (unpaired) electrons. The first-order chi connectivity index (χ1) is 15.7. The third-order valence-electron chi connectivity index (χ3n) is 6.33. The van der Waals surface area contributed by atoms with Crippen LogP contribution in [0.4, 0.5) is 4.79 Å². The molecule has 0 saturated carbocycles. The van der Waals surface area contributed by atoms with Crippen LogP contribution in [0.1, 0.15) is 32.7 Å². The number of likely N-dealkylation sites (tertiary alicyclic amines) is 1. The van der Waals surface area contributed by atoms with Crippen molar-refractivity contribution < 1.29 is 24.6 Å². The Balaban J connectivity index is 1.51. The van der Waals surface area contributed by atoms with E-state index in [2.05, 4.69) is 23.3 Å². The van der Waals surface area contributed by atoms with Crippen LogP contribution in [0.25, 0.3) is 10.9 Å². The average Bonchev–Trinajstić information content (AvgIpc) is 3.22. The van der Waals surface area contributed by atoms with E-state index in [1.165, 1.54) is 5.56 Å². The minimum Gasteiger partial charge on any atom is -0.481 e. The molecular weight excluding hydrogens is 422 g/mol. The van der Waals surface area contributed by atoms with Crippen molar-refractivity contribution >= 4 is 28.9 Å². The predicted molar refractivity (Wildman–Crippen MR) is 122 cm³/mol. The average molecular weight is 447 g/mol. The van der Waals surface area contributed by atoms with Gasteiger partial charge >= 0.3 is 12.1 Å². The Morgan fingerprint density at radius 3 is 2.39 bits per heavy atom. The maximum Gasteiger partial charge on any atom is 0.407 e. The van der Waals surface area contributed by atoms with E-state index >= 15 is 0 Å². The number of hydrogen-bond acceptors (Lipinski definition) is 4. The Kier molecular flexibility index (Phi) is 6.00. The molecule has 1 aromatic heterocycles. The number of rotatable bonds is 5. The zero-order chi connectivity index (χ0) is 23.7. The first kappa shape index (κ1) is 22.3. The second kappa shape index (κ2) is 8.90. The summed E-state index contributed by atoms with van der Waals surface area (Å²) in [6, 6.07) is 14.4. The van der Waals surface area contributed by atoms with Crippen molar-refractivity contribution in [3.63, 3.8) is 0 Å². The maximum atomic E-state index is 12.7. The molecule has 1 saturated heterocycles. The number of fused-ring (bicyclic) bond motifs is 1. The maximum absolute atomic E-state index is 12.7. The Bertz CT molecular complexity index is 1240. The lowest BCUT2D eigenvalue weighted by molar-refractivity contribution is -0.141. The minimum atomic E-state index is -1.20. The topological polar surface area (TPSA) is 120 Å². The van der Waals surface area contributed by atoms with Crippen LogP contribution in [0.5, 0.6) is 0 Å². The highest BCUT2D eigenvalue weighted by Crippen LogP contribution is 2.25. The van der Waals surface area contributed by atoms with Crippen molar-refractivity contribution in [1.29, 1.82) is 0 Å². The van der Waals surface area contributed by atoms with Gasteiger partial charge in [-0.05, 0) is 55.2 Å². The molecular formula is C25H25N3O5. The van der Waals surface area contributed by atoms with Crippen molar-refractivity contribution in [1.82, 2.24) is 15.2 Å². The highest BCUT2D eigenvalue weighted by atomic mass is 16.4. The van der Waals surface area contributed by atoms with Gasteiger partial charge in [0.25, 0.3) is 5.91 Å². The number of nitrogens with one attached hydrogen (secondary N) is 1. The van der Waals surface area contributed by atoms with E-state index in [4.69, 9.17) is 5.11 Å². The lowest BCUT2D eigenvalue weighted by Gasteiger charge is -2.17. The zero-order valence-electron chi connectivity index (χ0n) is 18.4. The van der Waals surface area contributed by atoms with Crippen molar-refractivity contribution in [2.75, 3.05) is 13.1 Å². The van der Waals surface area contributed by atoms with Crippen molar-refractivity contribution in [2.45, 2.75) is 26.3 Å². The summed E-state index contributed by atoms with van der Waals surface area (Å²) in [6.07, 6.45) is -0.508. The summed E-state index contributed by atoms with van der Waals surface area (Å²) >= 11 is 0. The van der Waals surface area contributed by atoms with Gasteiger partial charge in [-0.25, -0.2) is 4.79 Å². The number of carboxylic acids is 1. The van der Waals surface area contributed by atoms with E-state index in [1.54, 1.807) is 12.1 Å². The SMILES string of the molecule is Cc1nc2ccccc2c(Cc2ccc(C(=O)N[C@@H]3CN(C(=O)O)C[C@@H]3C(=O)O)cc2)c1C. The Morgan fingerprint density at radius 2 is 1.73 bits per heavy atom. The molecule has 0 unspecified atom stereocenters. The van der Waals surface area contributed by atoms with E-state index in [-0.39, 0.29) is 13.1 Å². The largest absolute Gasteiger partial charge is 0.481 e. The fourth-order valence-corrected chi connectivity index (χ4v) is 4.33. The molecule has 0 bridgehead atoms. The van der Waals surface area contributed by atoms with Gasteiger partial charge in [-0.2, -0.15) is 0 Å². The normalized spacial score (nSPS) is 17.8. The molecule has 170 valence electrons. The standard InChI is InChI=1S/C25H25N3O5/c1-14-15(2)26-21-6-4-3-5-18(21)19(14)11-16-7-9-17(10-8-16)23(29)27-22-13-28(25(32)33)12-20(22)24(30)31/h3-10,20,22H,11-13H2,1-2H3,(H,27,29)(H,30,31)(H,32,33)/t20-,22+/m0/s1. The number of hydrogen-bond donors (Lipinski definition) is 3. The number of nitrogens with zero attached hydrogens (tertiary/aromatic N) is 2. The van der Waals surface area contributed by atoms with Crippen LogP contribution in [0, 0.1) is 19.8 Å². The second-order valence-electron chi connectivity index (χ2n) is 8.40. The van der Waals surface area contributed by atoms with Crippen molar-refractivity contribution in [3.8, 4) is 0 Å². The van der Waals surface area contributed by atoms with Crippen LogP contribution < -0.4 is 5.32 Å². The number of carbonyl (C=O) groups is 3. The fraction of sp³-hybridized carbons (Fsp3) is 0.280. The molecule has 3 aromatic rings.